The third-order valence-electron chi connectivity index (χ3n) is 4.23. The Balaban J connectivity index is 2.11. The molecule has 112 valence electrons. The highest BCUT2D eigenvalue weighted by Crippen LogP contribution is 2.30. The number of benzene rings is 1. The predicted octanol–water partition coefficient (Wildman–Crippen LogP) is 2.98. The number of hydrogen-bond donors (Lipinski definition) is 2. The van der Waals surface area contributed by atoms with Crippen molar-refractivity contribution in [1.82, 2.24) is 4.72 Å². The Bertz CT molecular complexity index is 535. The van der Waals surface area contributed by atoms with Gasteiger partial charge in [-0.15, -0.1) is 0 Å². The summed E-state index contributed by atoms with van der Waals surface area (Å²) in [6, 6.07) is 7.49. The van der Waals surface area contributed by atoms with Crippen molar-refractivity contribution in [1.29, 1.82) is 0 Å². The van der Waals surface area contributed by atoms with Crippen LogP contribution < -0.4 is 10.0 Å². The first-order valence-corrected chi connectivity index (χ1v) is 8.84. The van der Waals surface area contributed by atoms with Crippen molar-refractivity contribution in [3.05, 3.63) is 24.3 Å². The second kappa shape index (κ2) is 6.59. The number of nitrogens with one attached hydrogen (secondary N) is 2. The number of para-hydroxylation sites is 1. The molecule has 0 radical (unpaired) electrons. The molecule has 0 saturated heterocycles. The van der Waals surface area contributed by atoms with Gasteiger partial charge in [0.2, 0.25) is 10.0 Å². The lowest BCUT2D eigenvalue weighted by Crippen LogP contribution is -2.27. The quantitative estimate of drug-likeness (QED) is 0.878. The van der Waals surface area contributed by atoms with E-state index in [9.17, 15) is 8.42 Å². The molecule has 0 aliphatic heterocycles. The van der Waals surface area contributed by atoms with Gasteiger partial charge >= 0.3 is 0 Å². The molecule has 1 aromatic rings. The molecule has 1 fully saturated rings. The molecule has 0 amide bonds. The van der Waals surface area contributed by atoms with Gasteiger partial charge in [-0.25, -0.2) is 13.1 Å². The van der Waals surface area contributed by atoms with E-state index >= 15 is 0 Å². The highest BCUT2D eigenvalue weighted by Gasteiger charge is 2.22. The van der Waals surface area contributed by atoms with Crippen LogP contribution in [0, 0.1) is 5.92 Å². The highest BCUT2D eigenvalue weighted by molar-refractivity contribution is 7.89. The average Bonchev–Trinajstić information content (AvgIpc) is 2.48. The molecule has 0 bridgehead atoms. The van der Waals surface area contributed by atoms with Crippen molar-refractivity contribution in [2.45, 2.75) is 50.0 Å². The summed E-state index contributed by atoms with van der Waals surface area (Å²) in [5.41, 5.74) is 0.710. The third kappa shape index (κ3) is 3.52. The van der Waals surface area contributed by atoms with E-state index in [1.165, 1.54) is 26.3 Å². The van der Waals surface area contributed by atoms with Gasteiger partial charge in [-0.3, -0.25) is 0 Å². The van der Waals surface area contributed by atoms with Gasteiger partial charge < -0.3 is 5.32 Å². The summed E-state index contributed by atoms with van der Waals surface area (Å²) in [5.74, 6) is 0.837. The van der Waals surface area contributed by atoms with E-state index in [0.717, 1.165) is 18.8 Å². The van der Waals surface area contributed by atoms with E-state index in [-0.39, 0.29) is 0 Å². The molecule has 1 aromatic carbocycles. The van der Waals surface area contributed by atoms with Crippen molar-refractivity contribution in [2.75, 3.05) is 12.4 Å². The molecule has 1 aliphatic rings. The van der Waals surface area contributed by atoms with E-state index < -0.39 is 10.0 Å². The summed E-state index contributed by atoms with van der Waals surface area (Å²) in [6.45, 7) is 2.24. The Kier molecular flexibility index (Phi) is 5.05. The first-order chi connectivity index (χ1) is 9.56. The van der Waals surface area contributed by atoms with Gasteiger partial charge in [-0.05, 0) is 50.8 Å². The van der Waals surface area contributed by atoms with Crippen LogP contribution in [0.2, 0.25) is 0 Å². The average molecular weight is 296 g/mol. The van der Waals surface area contributed by atoms with E-state index in [2.05, 4.69) is 17.0 Å². The largest absolute Gasteiger partial charge is 0.381 e. The summed E-state index contributed by atoms with van der Waals surface area (Å²) < 4.78 is 26.4. The van der Waals surface area contributed by atoms with Crippen molar-refractivity contribution >= 4 is 15.7 Å². The molecular weight excluding hydrogens is 272 g/mol. The second-order valence-corrected chi connectivity index (χ2v) is 7.33. The minimum absolute atomic E-state index is 0.333. The van der Waals surface area contributed by atoms with Gasteiger partial charge in [0.05, 0.1) is 5.69 Å². The van der Waals surface area contributed by atoms with Crippen molar-refractivity contribution in [3.8, 4) is 0 Å². The minimum Gasteiger partial charge on any atom is -0.381 e. The smallest absolute Gasteiger partial charge is 0.242 e. The van der Waals surface area contributed by atoms with Crippen LogP contribution in [0.5, 0.6) is 0 Å². The van der Waals surface area contributed by atoms with Crippen molar-refractivity contribution in [3.63, 3.8) is 0 Å². The standard InChI is InChI=1S/C15H24N2O2S/c1-3-12-8-10-13(11-9-12)17-14-6-4-5-7-15(14)20(18,19)16-2/h4-7,12-13,16-17H,3,8-11H2,1-2H3. The maximum Gasteiger partial charge on any atom is 0.242 e. The molecule has 5 heteroatoms. The molecule has 2 N–H and O–H groups in total. The summed E-state index contributed by atoms with van der Waals surface area (Å²) in [4.78, 5) is 0.333. The predicted molar refractivity (Wildman–Crippen MR) is 82.3 cm³/mol. The minimum atomic E-state index is -3.41. The van der Waals surface area contributed by atoms with Gasteiger partial charge in [-0.2, -0.15) is 0 Å². The number of hydrogen-bond acceptors (Lipinski definition) is 3. The lowest BCUT2D eigenvalue weighted by Gasteiger charge is -2.29. The number of sulfonamides is 1. The van der Waals surface area contributed by atoms with Gasteiger partial charge in [-0.1, -0.05) is 25.5 Å². The summed E-state index contributed by atoms with van der Waals surface area (Å²) >= 11 is 0. The zero-order chi connectivity index (χ0) is 14.6. The summed E-state index contributed by atoms with van der Waals surface area (Å²) in [7, 11) is -1.96. The van der Waals surface area contributed by atoms with Crippen LogP contribution in [0.3, 0.4) is 0 Å². The maximum absolute atomic E-state index is 12.0. The van der Waals surface area contributed by atoms with Crippen LogP contribution in [0.4, 0.5) is 5.69 Å². The normalized spacial score (nSPS) is 23.5. The molecule has 0 spiro atoms. The molecule has 0 aromatic heterocycles. The van der Waals surface area contributed by atoms with Crippen LogP contribution in [0.25, 0.3) is 0 Å². The van der Waals surface area contributed by atoms with Crippen LogP contribution in [-0.2, 0) is 10.0 Å². The van der Waals surface area contributed by atoms with Crippen LogP contribution in [0.1, 0.15) is 39.0 Å². The summed E-state index contributed by atoms with van der Waals surface area (Å²) in [5, 5.41) is 3.42. The van der Waals surface area contributed by atoms with Crippen LogP contribution >= 0.6 is 0 Å². The monoisotopic (exact) mass is 296 g/mol. The van der Waals surface area contributed by atoms with Gasteiger partial charge in [0.25, 0.3) is 0 Å². The maximum atomic E-state index is 12.0. The fourth-order valence-corrected chi connectivity index (χ4v) is 3.76. The Labute approximate surface area is 122 Å². The van der Waals surface area contributed by atoms with E-state index in [0.29, 0.717) is 16.6 Å². The molecule has 0 heterocycles. The van der Waals surface area contributed by atoms with Crippen molar-refractivity contribution < 1.29 is 8.42 Å². The summed E-state index contributed by atoms with van der Waals surface area (Å²) in [6.07, 6.45) is 5.94. The molecule has 20 heavy (non-hydrogen) atoms. The first kappa shape index (κ1) is 15.3. The fourth-order valence-electron chi connectivity index (χ4n) is 2.87. The van der Waals surface area contributed by atoms with Gasteiger partial charge in [0.1, 0.15) is 4.90 Å². The zero-order valence-corrected chi connectivity index (χ0v) is 13.0. The van der Waals surface area contributed by atoms with Crippen LogP contribution in [0.15, 0.2) is 29.2 Å². The molecule has 1 saturated carbocycles. The number of rotatable bonds is 5. The second-order valence-electron chi connectivity index (χ2n) is 5.47. The zero-order valence-electron chi connectivity index (χ0n) is 12.2. The van der Waals surface area contributed by atoms with Gasteiger partial charge in [0, 0.05) is 6.04 Å². The SMILES string of the molecule is CCC1CCC(Nc2ccccc2S(=O)(=O)NC)CC1. The lowest BCUT2D eigenvalue weighted by molar-refractivity contribution is 0.330. The van der Waals surface area contributed by atoms with Crippen LogP contribution in [-0.4, -0.2) is 21.5 Å². The topological polar surface area (TPSA) is 58.2 Å². The molecule has 2 rings (SSSR count). The molecule has 0 unspecified atom stereocenters. The van der Waals surface area contributed by atoms with E-state index in [4.69, 9.17) is 0 Å². The Morgan fingerprint density at radius 3 is 2.40 bits per heavy atom. The number of anilines is 1. The van der Waals surface area contributed by atoms with E-state index in [1.54, 1.807) is 12.1 Å². The van der Waals surface area contributed by atoms with E-state index in [1.807, 2.05) is 12.1 Å². The molecule has 0 atom stereocenters. The van der Waals surface area contributed by atoms with Gasteiger partial charge in [0.15, 0.2) is 0 Å². The Morgan fingerprint density at radius 2 is 1.80 bits per heavy atom. The first-order valence-electron chi connectivity index (χ1n) is 7.36. The molecule has 4 nitrogen and oxygen atoms in total. The van der Waals surface area contributed by atoms with Crippen molar-refractivity contribution in [2.24, 2.45) is 5.92 Å². The Hall–Kier alpha value is -1.07. The molecular formula is C15H24N2O2S. The lowest BCUT2D eigenvalue weighted by atomic mass is 9.84. The molecule has 1 aliphatic carbocycles. The fraction of sp³-hybridized carbons (Fsp3) is 0.600. The Morgan fingerprint density at radius 1 is 1.15 bits per heavy atom. The highest BCUT2D eigenvalue weighted by atomic mass is 32.2. The third-order valence-corrected chi connectivity index (χ3v) is 5.70.